The summed E-state index contributed by atoms with van der Waals surface area (Å²) in [6, 6.07) is 4.04. The summed E-state index contributed by atoms with van der Waals surface area (Å²) < 4.78 is 41.7. The molecule has 1 aromatic rings. The van der Waals surface area contributed by atoms with Crippen molar-refractivity contribution in [1.29, 1.82) is 0 Å². The third-order valence-electron chi connectivity index (χ3n) is 2.51. The highest BCUT2D eigenvalue weighted by Crippen LogP contribution is 2.23. The molecule has 0 aliphatic heterocycles. The van der Waals surface area contributed by atoms with Crippen LogP contribution in [-0.4, -0.2) is 23.7 Å². The Balaban J connectivity index is 3.24. The normalized spacial score (nSPS) is 15.0. The van der Waals surface area contributed by atoms with Crippen molar-refractivity contribution in [3.63, 3.8) is 0 Å². The number of carbonyl (C=O) groups excluding carboxylic acids is 2. The summed E-state index contributed by atoms with van der Waals surface area (Å²) in [6.45, 7) is -0.877. The fourth-order valence-electron chi connectivity index (χ4n) is 1.58. The van der Waals surface area contributed by atoms with Crippen molar-refractivity contribution < 1.29 is 22.8 Å². The topological polar surface area (TPSA) is 43.4 Å². The molecule has 19 heavy (non-hydrogen) atoms. The van der Waals surface area contributed by atoms with Gasteiger partial charge in [0.1, 0.15) is 5.82 Å². The molecule has 0 fully saturated rings. The van der Waals surface area contributed by atoms with Gasteiger partial charge in [0.25, 0.3) is 0 Å². The Labute approximate surface area is 124 Å². The molecule has 104 valence electrons. The van der Waals surface area contributed by atoms with Crippen molar-refractivity contribution in [2.24, 2.45) is 0 Å². The van der Waals surface area contributed by atoms with Crippen molar-refractivity contribution in [3.05, 3.63) is 35.1 Å². The molecule has 0 bridgehead atoms. The van der Waals surface area contributed by atoms with Gasteiger partial charge in [0.2, 0.25) is 0 Å². The molecule has 0 spiro atoms. The molecule has 1 rings (SSSR count). The van der Waals surface area contributed by atoms with Crippen LogP contribution in [0.25, 0.3) is 0 Å². The van der Waals surface area contributed by atoms with E-state index in [2.05, 4.69) is 15.9 Å². The fraction of sp³-hybridized carbons (Fsp3) is 0.429. The number of hydrogen-bond donors (Lipinski definition) is 0. The molecule has 0 radical (unpaired) electrons. The van der Waals surface area contributed by atoms with Crippen molar-refractivity contribution >= 4 is 27.7 Å². The minimum atomic E-state index is -2.67. The summed E-state index contributed by atoms with van der Waals surface area (Å²) in [4.78, 5) is 23.3. The van der Waals surface area contributed by atoms with Gasteiger partial charge in [-0.15, -0.1) is 0 Å². The van der Waals surface area contributed by atoms with Crippen LogP contribution in [0, 0.1) is 5.82 Å². The zero-order chi connectivity index (χ0) is 16.9. The molecule has 3 nitrogen and oxygen atoms in total. The molecular weight excluding hydrogens is 315 g/mol. The Kier molecular flexibility index (Phi) is 4.50. The minimum Gasteiger partial charge on any atom is -0.466 e. The minimum absolute atomic E-state index is 0.00701. The molecular formula is C14H16BrFO3. The van der Waals surface area contributed by atoms with Crippen LogP contribution in [0.1, 0.15) is 34.9 Å². The highest BCUT2D eigenvalue weighted by Gasteiger charge is 2.20. The predicted octanol–water partition coefficient (Wildman–Crippen LogP) is 3.00. The average Bonchev–Trinajstić information content (AvgIpc) is 2.41. The van der Waals surface area contributed by atoms with Crippen LogP contribution in [0.2, 0.25) is 0 Å². The molecule has 0 aliphatic carbocycles. The van der Waals surface area contributed by atoms with Crippen molar-refractivity contribution in [2.45, 2.75) is 26.1 Å². The number of rotatable bonds is 6. The van der Waals surface area contributed by atoms with Gasteiger partial charge >= 0.3 is 5.97 Å². The highest BCUT2D eigenvalue weighted by atomic mass is 79.9. The quantitative estimate of drug-likeness (QED) is 0.593. The Hall–Kier alpha value is -1.23. The summed E-state index contributed by atoms with van der Waals surface area (Å²) in [5.74, 6) is -3.69. The molecule has 0 aliphatic rings. The number of ketones is 1. The van der Waals surface area contributed by atoms with E-state index in [1.54, 1.807) is 6.92 Å². The lowest BCUT2D eigenvalue weighted by molar-refractivity contribution is -0.142. The van der Waals surface area contributed by atoms with E-state index in [0.29, 0.717) is 0 Å². The van der Waals surface area contributed by atoms with E-state index in [1.807, 2.05) is 0 Å². The second-order valence-electron chi connectivity index (χ2n) is 3.84. The van der Waals surface area contributed by atoms with E-state index < -0.39 is 30.3 Å². The maximum Gasteiger partial charge on any atom is 0.310 e. The second-order valence-corrected chi connectivity index (χ2v) is 4.40. The van der Waals surface area contributed by atoms with Gasteiger partial charge in [0.15, 0.2) is 5.78 Å². The van der Waals surface area contributed by atoms with Gasteiger partial charge in [-0.2, -0.15) is 0 Å². The van der Waals surface area contributed by atoms with E-state index in [-0.39, 0.29) is 29.5 Å². The summed E-state index contributed by atoms with van der Waals surface area (Å²) in [5, 5.41) is -0.197. The predicted molar refractivity (Wildman–Crippen MR) is 74.0 cm³/mol. The van der Waals surface area contributed by atoms with Crippen LogP contribution in [0.4, 0.5) is 4.39 Å². The third-order valence-corrected chi connectivity index (χ3v) is 3.07. The fourth-order valence-corrected chi connectivity index (χ4v) is 1.90. The third kappa shape index (κ3) is 4.13. The molecule has 0 saturated carbocycles. The molecule has 5 heteroatoms. The molecule has 1 aromatic carbocycles. The average molecular weight is 334 g/mol. The smallest absolute Gasteiger partial charge is 0.310 e. The Morgan fingerprint density at radius 2 is 2.26 bits per heavy atom. The molecule has 0 amide bonds. The number of esters is 1. The van der Waals surface area contributed by atoms with Crippen LogP contribution in [0.15, 0.2) is 18.2 Å². The van der Waals surface area contributed by atoms with E-state index in [4.69, 9.17) is 8.85 Å². The van der Waals surface area contributed by atoms with Crippen LogP contribution in [0.3, 0.4) is 0 Å². The Morgan fingerprint density at radius 3 is 2.84 bits per heavy atom. The van der Waals surface area contributed by atoms with Crippen molar-refractivity contribution in [3.8, 4) is 0 Å². The van der Waals surface area contributed by atoms with Crippen molar-refractivity contribution in [1.82, 2.24) is 0 Å². The van der Waals surface area contributed by atoms with Gasteiger partial charge in [-0.25, -0.2) is 4.39 Å². The van der Waals surface area contributed by atoms with Gasteiger partial charge < -0.3 is 4.74 Å². The van der Waals surface area contributed by atoms with Crippen LogP contribution in [-0.2, 0) is 20.7 Å². The first kappa shape index (κ1) is 11.6. The lowest BCUT2D eigenvalue weighted by Gasteiger charge is -2.13. The van der Waals surface area contributed by atoms with Gasteiger partial charge in [-0.3, -0.25) is 9.59 Å². The SMILES string of the molecule is [2H]C([2H])([2H])[C@H](C(=O)CBr)c1cccc(CC(=O)OCC)c1F. The lowest BCUT2D eigenvalue weighted by atomic mass is 9.94. The second kappa shape index (κ2) is 7.38. The van der Waals surface area contributed by atoms with E-state index >= 15 is 0 Å². The summed E-state index contributed by atoms with van der Waals surface area (Å²) in [6.07, 6.45) is -0.316. The summed E-state index contributed by atoms with van der Waals surface area (Å²) >= 11 is 2.91. The first-order valence-electron chi connectivity index (χ1n) is 7.24. The molecule has 0 unspecified atom stereocenters. The Morgan fingerprint density at radius 1 is 1.53 bits per heavy atom. The summed E-state index contributed by atoms with van der Waals surface area (Å²) in [5.41, 5.74) is -0.223. The standard InChI is InChI=1S/C14H16BrFO3/c1-3-19-13(18)7-10-5-4-6-11(14(10)16)9(2)12(17)8-15/h4-6,9H,3,7-8H2,1-2H3/t9-/m0/s1/i2D3. The lowest BCUT2D eigenvalue weighted by Crippen LogP contribution is -2.14. The number of hydrogen-bond acceptors (Lipinski definition) is 3. The Bertz CT molecular complexity index is 561. The molecule has 0 aromatic heterocycles. The highest BCUT2D eigenvalue weighted by molar-refractivity contribution is 9.09. The number of ether oxygens (including phenoxy) is 1. The van der Waals surface area contributed by atoms with E-state index in [1.165, 1.54) is 18.2 Å². The van der Waals surface area contributed by atoms with Crippen LogP contribution in [0.5, 0.6) is 0 Å². The van der Waals surface area contributed by atoms with Crippen LogP contribution < -0.4 is 0 Å². The zero-order valence-electron chi connectivity index (χ0n) is 13.4. The molecule has 0 saturated heterocycles. The maximum absolute atomic E-state index is 14.5. The first-order chi connectivity index (χ1) is 10.2. The zero-order valence-corrected chi connectivity index (χ0v) is 12.0. The largest absolute Gasteiger partial charge is 0.466 e. The summed E-state index contributed by atoms with van der Waals surface area (Å²) in [7, 11) is 0. The van der Waals surface area contributed by atoms with E-state index in [0.717, 1.165) is 0 Å². The number of Topliss-reactive ketones (excluding diaryl/α,β-unsaturated/α-hetero) is 1. The number of carbonyl (C=O) groups is 2. The van der Waals surface area contributed by atoms with E-state index in [9.17, 15) is 14.0 Å². The number of alkyl halides is 1. The van der Waals surface area contributed by atoms with Gasteiger partial charge in [0.05, 0.1) is 18.4 Å². The first-order valence-corrected chi connectivity index (χ1v) is 6.86. The van der Waals surface area contributed by atoms with Crippen molar-refractivity contribution in [2.75, 3.05) is 11.9 Å². The molecule has 0 N–H and O–H groups in total. The van der Waals surface area contributed by atoms with Gasteiger partial charge in [0, 0.05) is 10.0 Å². The van der Waals surface area contributed by atoms with Gasteiger partial charge in [-0.05, 0) is 18.1 Å². The maximum atomic E-state index is 14.5. The monoisotopic (exact) mass is 333 g/mol. The number of benzene rings is 1. The van der Waals surface area contributed by atoms with Crippen LogP contribution >= 0.6 is 15.9 Å². The molecule has 0 heterocycles. The van der Waals surface area contributed by atoms with Gasteiger partial charge in [-0.1, -0.05) is 41.0 Å². The molecule has 1 atom stereocenters. The number of halogens is 2.